The predicted octanol–water partition coefficient (Wildman–Crippen LogP) is 2.38. The van der Waals surface area contributed by atoms with Crippen LogP contribution in [-0.4, -0.2) is 24.5 Å². The molecule has 0 spiro atoms. The smallest absolute Gasteiger partial charge is 0.0224 e. The van der Waals surface area contributed by atoms with E-state index in [4.69, 9.17) is 6.42 Å². The molecule has 0 amide bonds. The van der Waals surface area contributed by atoms with Crippen molar-refractivity contribution in [2.24, 2.45) is 11.3 Å². The molecule has 1 fully saturated rings. The van der Waals surface area contributed by atoms with Gasteiger partial charge >= 0.3 is 0 Å². The molecule has 0 radical (unpaired) electrons. The van der Waals surface area contributed by atoms with Crippen LogP contribution < -0.4 is 0 Å². The summed E-state index contributed by atoms with van der Waals surface area (Å²) in [4.78, 5) is 2.54. The van der Waals surface area contributed by atoms with Gasteiger partial charge in [-0.3, -0.25) is 0 Å². The Bertz CT molecular complexity index is 186. The van der Waals surface area contributed by atoms with Crippen LogP contribution in [0, 0.1) is 23.7 Å². The van der Waals surface area contributed by atoms with Gasteiger partial charge in [0.2, 0.25) is 0 Å². The molecule has 0 aromatic heterocycles. The first-order valence-corrected chi connectivity index (χ1v) is 5.20. The van der Waals surface area contributed by atoms with E-state index in [1.54, 1.807) is 0 Å². The van der Waals surface area contributed by atoms with Crippen LogP contribution in [0.4, 0.5) is 0 Å². The van der Waals surface area contributed by atoms with Crippen molar-refractivity contribution in [3.8, 4) is 12.3 Å². The summed E-state index contributed by atoms with van der Waals surface area (Å²) in [5.74, 6) is 3.40. The van der Waals surface area contributed by atoms with Gasteiger partial charge in [0.05, 0.1) is 0 Å². The number of hydrogen-bond acceptors (Lipinski definition) is 1. The van der Waals surface area contributed by atoms with Crippen LogP contribution in [0.2, 0.25) is 0 Å². The first-order valence-electron chi connectivity index (χ1n) is 5.20. The van der Waals surface area contributed by atoms with E-state index in [2.05, 4.69) is 31.6 Å². The molecule has 1 heteroatoms. The third kappa shape index (κ3) is 3.83. The van der Waals surface area contributed by atoms with E-state index in [9.17, 15) is 0 Å². The second-order valence-electron chi connectivity index (χ2n) is 5.28. The minimum absolute atomic E-state index is 0.420. The lowest BCUT2D eigenvalue weighted by atomic mass is 9.92. The topological polar surface area (TPSA) is 3.24 Å². The lowest BCUT2D eigenvalue weighted by molar-refractivity contribution is 0.150. The lowest BCUT2D eigenvalue weighted by Gasteiger charge is -2.34. The molecule has 0 atom stereocenters. The third-order valence-electron chi connectivity index (χ3n) is 2.52. The van der Waals surface area contributed by atoms with Gasteiger partial charge in [0.1, 0.15) is 0 Å². The van der Waals surface area contributed by atoms with Crippen molar-refractivity contribution < 1.29 is 0 Å². The highest BCUT2D eigenvalue weighted by atomic mass is 15.1. The van der Waals surface area contributed by atoms with Crippen LogP contribution in [0.25, 0.3) is 0 Å². The number of nitrogens with zero attached hydrogens (tertiary/aromatic N) is 1. The number of likely N-dealkylation sites (tertiary alicyclic amines) is 1. The molecular formula is C12H21N. The fourth-order valence-corrected chi connectivity index (χ4v) is 1.93. The summed E-state index contributed by atoms with van der Waals surface area (Å²) in [7, 11) is 0. The van der Waals surface area contributed by atoms with Crippen molar-refractivity contribution in [3.63, 3.8) is 0 Å². The summed E-state index contributed by atoms with van der Waals surface area (Å²) in [5, 5.41) is 0. The molecule has 0 unspecified atom stereocenters. The van der Waals surface area contributed by atoms with E-state index in [1.165, 1.54) is 32.5 Å². The highest BCUT2D eigenvalue weighted by Gasteiger charge is 2.21. The monoisotopic (exact) mass is 179 g/mol. The van der Waals surface area contributed by atoms with E-state index in [-0.39, 0.29) is 0 Å². The molecule has 0 aromatic rings. The molecule has 1 nitrogen and oxygen atoms in total. The van der Waals surface area contributed by atoms with Crippen LogP contribution in [0.15, 0.2) is 0 Å². The van der Waals surface area contributed by atoms with Crippen molar-refractivity contribution in [2.75, 3.05) is 19.6 Å². The van der Waals surface area contributed by atoms with Gasteiger partial charge in [0, 0.05) is 12.5 Å². The maximum atomic E-state index is 5.41. The van der Waals surface area contributed by atoms with Crippen molar-refractivity contribution in [3.05, 3.63) is 0 Å². The van der Waals surface area contributed by atoms with E-state index in [0.717, 1.165) is 0 Å². The van der Waals surface area contributed by atoms with Gasteiger partial charge in [-0.2, -0.15) is 0 Å². The van der Waals surface area contributed by atoms with Crippen LogP contribution in [0.5, 0.6) is 0 Å². The maximum Gasteiger partial charge on any atom is 0.0224 e. The first kappa shape index (κ1) is 10.6. The van der Waals surface area contributed by atoms with Gasteiger partial charge in [0.15, 0.2) is 0 Å². The average molecular weight is 179 g/mol. The predicted molar refractivity (Wildman–Crippen MR) is 57.5 cm³/mol. The van der Waals surface area contributed by atoms with E-state index in [0.29, 0.717) is 11.3 Å². The zero-order valence-electron chi connectivity index (χ0n) is 9.14. The average Bonchev–Trinajstić information content (AvgIpc) is 2.03. The van der Waals surface area contributed by atoms with E-state index >= 15 is 0 Å². The molecule has 0 aliphatic carbocycles. The number of rotatable bonds is 1. The SMILES string of the molecule is C#CC1CCN(CC(C)(C)C)CC1. The van der Waals surface area contributed by atoms with Crippen molar-refractivity contribution in [1.82, 2.24) is 4.90 Å². The molecule has 0 N–H and O–H groups in total. The second kappa shape index (κ2) is 4.15. The summed E-state index contributed by atoms with van der Waals surface area (Å²) in [6.45, 7) is 10.4. The summed E-state index contributed by atoms with van der Waals surface area (Å²) in [5.41, 5.74) is 0.420. The Kier molecular flexibility index (Phi) is 3.39. The van der Waals surface area contributed by atoms with Crippen molar-refractivity contribution >= 4 is 0 Å². The highest BCUT2D eigenvalue weighted by molar-refractivity contribution is 4.95. The van der Waals surface area contributed by atoms with Crippen LogP contribution in [0.1, 0.15) is 33.6 Å². The largest absolute Gasteiger partial charge is 0.303 e. The Morgan fingerprint density at radius 2 is 1.85 bits per heavy atom. The Hall–Kier alpha value is -0.480. The summed E-state index contributed by atoms with van der Waals surface area (Å²) >= 11 is 0. The molecule has 13 heavy (non-hydrogen) atoms. The van der Waals surface area contributed by atoms with E-state index < -0.39 is 0 Å². The van der Waals surface area contributed by atoms with E-state index in [1.807, 2.05) is 0 Å². The standard InChI is InChI=1S/C12H21N/c1-5-11-6-8-13(9-7-11)10-12(2,3)4/h1,11H,6-10H2,2-4H3. The Balaban J connectivity index is 2.30. The number of piperidine rings is 1. The van der Waals surface area contributed by atoms with Crippen molar-refractivity contribution in [1.29, 1.82) is 0 Å². The zero-order valence-corrected chi connectivity index (χ0v) is 9.14. The maximum absolute atomic E-state index is 5.41. The quantitative estimate of drug-likeness (QED) is 0.559. The fraction of sp³-hybridized carbons (Fsp3) is 0.833. The van der Waals surface area contributed by atoms with Gasteiger partial charge in [-0.25, -0.2) is 0 Å². The minimum atomic E-state index is 0.420. The molecule has 1 aliphatic rings. The summed E-state index contributed by atoms with van der Waals surface area (Å²) in [6, 6.07) is 0. The minimum Gasteiger partial charge on any atom is -0.303 e. The molecular weight excluding hydrogens is 158 g/mol. The van der Waals surface area contributed by atoms with Gasteiger partial charge in [-0.05, 0) is 31.3 Å². The normalized spacial score (nSPS) is 21.4. The molecule has 74 valence electrons. The molecule has 0 aromatic carbocycles. The molecule has 0 saturated carbocycles. The fourth-order valence-electron chi connectivity index (χ4n) is 1.93. The third-order valence-corrected chi connectivity index (χ3v) is 2.52. The Morgan fingerprint density at radius 1 is 1.31 bits per heavy atom. The molecule has 1 saturated heterocycles. The summed E-state index contributed by atoms with van der Waals surface area (Å²) in [6.07, 6.45) is 7.78. The highest BCUT2D eigenvalue weighted by Crippen LogP contribution is 2.21. The lowest BCUT2D eigenvalue weighted by Crippen LogP contribution is -2.38. The molecule has 1 heterocycles. The molecule has 1 rings (SSSR count). The first-order chi connectivity index (χ1) is 6.01. The molecule has 0 bridgehead atoms. The van der Waals surface area contributed by atoms with Crippen LogP contribution in [-0.2, 0) is 0 Å². The summed E-state index contributed by atoms with van der Waals surface area (Å²) < 4.78 is 0. The van der Waals surface area contributed by atoms with Gasteiger partial charge in [-0.15, -0.1) is 12.3 Å². The number of hydrogen-bond donors (Lipinski definition) is 0. The van der Waals surface area contributed by atoms with Gasteiger partial charge in [0.25, 0.3) is 0 Å². The number of terminal acetylenes is 1. The van der Waals surface area contributed by atoms with Gasteiger partial charge in [-0.1, -0.05) is 20.8 Å². The molecule has 1 aliphatic heterocycles. The van der Waals surface area contributed by atoms with Crippen LogP contribution in [0.3, 0.4) is 0 Å². The Labute approximate surface area is 82.5 Å². The van der Waals surface area contributed by atoms with Gasteiger partial charge < -0.3 is 4.90 Å². The van der Waals surface area contributed by atoms with Crippen LogP contribution >= 0.6 is 0 Å². The second-order valence-corrected chi connectivity index (χ2v) is 5.28. The Morgan fingerprint density at radius 3 is 2.23 bits per heavy atom. The van der Waals surface area contributed by atoms with Crippen molar-refractivity contribution in [2.45, 2.75) is 33.6 Å². The zero-order chi connectivity index (χ0) is 9.90.